The molecule has 43 heavy (non-hydrogen) atoms. The van der Waals surface area contributed by atoms with Crippen molar-refractivity contribution in [3.8, 4) is 5.75 Å². The minimum absolute atomic E-state index is 0.212. The van der Waals surface area contributed by atoms with Gasteiger partial charge in [-0.1, -0.05) is 50.6 Å². The number of anilines is 2. The van der Waals surface area contributed by atoms with Crippen molar-refractivity contribution < 1.29 is 28.2 Å². The molecule has 2 aliphatic rings. The zero-order valence-corrected chi connectivity index (χ0v) is 26.7. The van der Waals surface area contributed by atoms with Gasteiger partial charge in [-0.2, -0.15) is 0 Å². The molecular weight excluding hydrogens is 641 g/mol. The van der Waals surface area contributed by atoms with Crippen molar-refractivity contribution in [1.29, 1.82) is 0 Å². The monoisotopic (exact) mass is 671 g/mol. The van der Waals surface area contributed by atoms with E-state index in [1.54, 1.807) is 36.4 Å². The number of hydrogen-bond donors (Lipinski definition) is 3. The molecule has 2 amide bonds. The Morgan fingerprint density at radius 1 is 1.12 bits per heavy atom. The zero-order chi connectivity index (χ0) is 31.3. The second-order valence-corrected chi connectivity index (χ2v) is 13.3. The Bertz CT molecular complexity index is 1630. The predicted octanol–water partition coefficient (Wildman–Crippen LogP) is 6.43. The number of ether oxygens (including phenoxy) is 2. The molecule has 11 heteroatoms. The van der Waals surface area contributed by atoms with Crippen molar-refractivity contribution in [3.63, 3.8) is 0 Å². The third-order valence-corrected chi connectivity index (χ3v) is 8.95. The summed E-state index contributed by atoms with van der Waals surface area (Å²) in [6.07, 6.45) is 0.496. The Hall–Kier alpha value is -3.47. The second kappa shape index (κ2) is 11.6. The van der Waals surface area contributed by atoms with Gasteiger partial charge in [0.2, 0.25) is 11.8 Å². The predicted molar refractivity (Wildman–Crippen MR) is 166 cm³/mol. The highest BCUT2D eigenvalue weighted by Crippen LogP contribution is 2.57. The van der Waals surface area contributed by atoms with Crippen LogP contribution < -0.4 is 20.7 Å². The molecule has 3 aromatic carbocycles. The van der Waals surface area contributed by atoms with E-state index >= 15 is 4.39 Å². The van der Waals surface area contributed by atoms with Gasteiger partial charge in [-0.15, -0.1) is 0 Å². The first-order valence-electron chi connectivity index (χ1n) is 13.7. The van der Waals surface area contributed by atoms with E-state index in [2.05, 4.69) is 31.9 Å². The number of fused-ring (bicyclic) bond motifs is 2. The number of halogens is 3. The van der Waals surface area contributed by atoms with Gasteiger partial charge in [0.15, 0.2) is 0 Å². The van der Waals surface area contributed by atoms with E-state index in [4.69, 9.17) is 21.1 Å². The zero-order valence-electron chi connectivity index (χ0n) is 24.3. The van der Waals surface area contributed by atoms with Crippen LogP contribution in [0.25, 0.3) is 0 Å². The van der Waals surface area contributed by atoms with E-state index < -0.39 is 41.1 Å². The van der Waals surface area contributed by atoms with Crippen molar-refractivity contribution >= 4 is 56.7 Å². The minimum Gasteiger partial charge on any atom is -0.495 e. The van der Waals surface area contributed by atoms with Crippen LogP contribution in [0.1, 0.15) is 54.6 Å². The number of carbonyl (C=O) groups excluding carboxylic acids is 3. The van der Waals surface area contributed by atoms with Crippen LogP contribution in [0, 0.1) is 11.2 Å². The number of rotatable bonds is 6. The van der Waals surface area contributed by atoms with Crippen molar-refractivity contribution in [2.45, 2.75) is 50.6 Å². The standard InChI is InChI=1S/C32H32BrClFN3O5/c1-31(2,3)15-24-32(19-11-10-17(34)14-22(19)37-30(32)41)25(18-7-6-8-20(33)26(18)35)27(38-24)28(39)36-21-12-9-16(29(40)43-5)13-23(21)42-4/h6-14,24-25,27,38H,15H2,1-5H3,(H,36,39)(H,37,41)/t24-,25+,27+,32?/m0/s1. The van der Waals surface area contributed by atoms with Gasteiger partial charge >= 0.3 is 5.97 Å². The summed E-state index contributed by atoms with van der Waals surface area (Å²) in [6.45, 7) is 6.15. The molecule has 0 aromatic heterocycles. The lowest BCUT2D eigenvalue weighted by molar-refractivity contribution is -0.122. The molecule has 1 saturated heterocycles. The largest absolute Gasteiger partial charge is 0.495 e. The fourth-order valence-corrected chi connectivity index (χ4v) is 6.96. The number of benzene rings is 3. The first-order valence-corrected chi connectivity index (χ1v) is 14.9. The molecule has 0 aliphatic carbocycles. The SMILES string of the molecule is COC(=O)c1ccc(NC(=O)[C@@H]2N[C@@H](CC(C)(C)C)C3(C(=O)Nc4cc(Cl)ccc43)[C@@H]2c2cccc(Br)c2F)c(OC)c1. The number of esters is 1. The lowest BCUT2D eigenvalue weighted by atomic mass is 9.62. The number of methoxy groups -OCH3 is 2. The number of amides is 2. The molecule has 3 aromatic rings. The van der Waals surface area contributed by atoms with Crippen LogP contribution in [-0.2, 0) is 19.7 Å². The maximum atomic E-state index is 16.0. The molecule has 1 spiro atoms. The fourth-order valence-electron chi connectivity index (χ4n) is 6.40. The van der Waals surface area contributed by atoms with Crippen LogP contribution in [0.5, 0.6) is 5.75 Å². The fraction of sp³-hybridized carbons (Fsp3) is 0.344. The summed E-state index contributed by atoms with van der Waals surface area (Å²) < 4.78 is 26.5. The highest BCUT2D eigenvalue weighted by molar-refractivity contribution is 9.10. The van der Waals surface area contributed by atoms with Crippen molar-refractivity contribution in [2.75, 3.05) is 24.9 Å². The average molecular weight is 673 g/mol. The molecule has 2 heterocycles. The summed E-state index contributed by atoms with van der Waals surface area (Å²) >= 11 is 9.60. The number of hydrogen-bond acceptors (Lipinski definition) is 6. The summed E-state index contributed by atoms with van der Waals surface area (Å²) in [5.41, 5.74) is 0.306. The van der Waals surface area contributed by atoms with Crippen LogP contribution in [0.4, 0.5) is 15.8 Å². The lowest BCUT2D eigenvalue weighted by Gasteiger charge is -2.37. The van der Waals surface area contributed by atoms with Crippen LogP contribution >= 0.6 is 27.5 Å². The topological polar surface area (TPSA) is 106 Å². The Morgan fingerprint density at radius 2 is 1.86 bits per heavy atom. The van der Waals surface area contributed by atoms with E-state index in [1.807, 2.05) is 20.8 Å². The third kappa shape index (κ3) is 5.41. The Labute approximate surface area is 262 Å². The molecule has 3 N–H and O–H groups in total. The van der Waals surface area contributed by atoms with Gasteiger partial charge in [0.25, 0.3) is 0 Å². The highest BCUT2D eigenvalue weighted by atomic mass is 79.9. The molecule has 8 nitrogen and oxygen atoms in total. The van der Waals surface area contributed by atoms with Crippen LogP contribution in [0.15, 0.2) is 59.1 Å². The van der Waals surface area contributed by atoms with Crippen molar-refractivity contribution in [2.24, 2.45) is 5.41 Å². The van der Waals surface area contributed by atoms with E-state index in [0.717, 1.165) is 0 Å². The van der Waals surface area contributed by atoms with Gasteiger partial charge in [-0.25, -0.2) is 9.18 Å². The van der Waals surface area contributed by atoms with Crippen LogP contribution in [-0.4, -0.2) is 44.1 Å². The molecule has 1 unspecified atom stereocenters. The van der Waals surface area contributed by atoms with E-state index in [1.165, 1.54) is 32.4 Å². The summed E-state index contributed by atoms with van der Waals surface area (Å²) in [4.78, 5) is 40.6. The van der Waals surface area contributed by atoms with Gasteiger partial charge in [-0.05, 0) is 75.3 Å². The minimum atomic E-state index is -1.35. The Morgan fingerprint density at radius 3 is 2.53 bits per heavy atom. The highest BCUT2D eigenvalue weighted by Gasteiger charge is 2.66. The molecule has 0 saturated carbocycles. The summed E-state index contributed by atoms with van der Waals surface area (Å²) in [5.74, 6) is -2.68. The molecule has 1 fully saturated rings. The summed E-state index contributed by atoms with van der Waals surface area (Å²) in [5, 5.41) is 9.77. The third-order valence-electron chi connectivity index (χ3n) is 8.10. The maximum absolute atomic E-state index is 16.0. The van der Waals surface area contributed by atoms with Gasteiger partial charge in [0.05, 0.1) is 36.0 Å². The quantitative estimate of drug-likeness (QED) is 0.261. The summed E-state index contributed by atoms with van der Waals surface area (Å²) in [6, 6.07) is 12.9. The normalized spacial score (nSPS) is 22.7. The van der Waals surface area contributed by atoms with Crippen molar-refractivity contribution in [3.05, 3.63) is 86.6 Å². The van der Waals surface area contributed by atoms with Gasteiger partial charge < -0.3 is 25.4 Å². The maximum Gasteiger partial charge on any atom is 0.337 e. The molecule has 0 bridgehead atoms. The average Bonchev–Trinajstić information content (AvgIpc) is 3.43. The molecular formula is C32H32BrClFN3O5. The van der Waals surface area contributed by atoms with Crippen LogP contribution in [0.3, 0.4) is 0 Å². The lowest BCUT2D eigenvalue weighted by Crippen LogP contribution is -2.49. The Kier molecular flexibility index (Phi) is 8.32. The second-order valence-electron chi connectivity index (χ2n) is 12.0. The molecule has 4 atom stereocenters. The smallest absolute Gasteiger partial charge is 0.337 e. The van der Waals surface area contributed by atoms with Crippen LogP contribution in [0.2, 0.25) is 5.02 Å². The Balaban J connectivity index is 1.68. The molecule has 226 valence electrons. The van der Waals surface area contributed by atoms with E-state index in [-0.39, 0.29) is 32.7 Å². The van der Waals surface area contributed by atoms with Gasteiger partial charge in [0.1, 0.15) is 17.0 Å². The van der Waals surface area contributed by atoms with Gasteiger partial charge in [-0.3, -0.25) is 9.59 Å². The van der Waals surface area contributed by atoms with E-state index in [0.29, 0.717) is 28.4 Å². The van der Waals surface area contributed by atoms with E-state index in [9.17, 15) is 14.4 Å². The van der Waals surface area contributed by atoms with Gasteiger partial charge in [0, 0.05) is 22.7 Å². The molecule has 5 rings (SSSR count). The number of carbonyl (C=O) groups is 3. The number of nitrogens with one attached hydrogen (secondary N) is 3. The van der Waals surface area contributed by atoms with Crippen molar-refractivity contribution in [1.82, 2.24) is 5.32 Å². The summed E-state index contributed by atoms with van der Waals surface area (Å²) in [7, 11) is 2.69. The first-order chi connectivity index (χ1) is 20.3. The molecule has 2 aliphatic heterocycles. The first kappa shape index (κ1) is 31.0. The molecule has 0 radical (unpaired) electrons.